The summed E-state index contributed by atoms with van der Waals surface area (Å²) in [6.07, 6.45) is 3.62. The number of carbonyl (C=O) groups excluding carboxylic acids is 1. The third kappa shape index (κ3) is 4.72. The van der Waals surface area contributed by atoms with Crippen LogP contribution in [0.4, 0.5) is 0 Å². The van der Waals surface area contributed by atoms with Crippen LogP contribution in [0.2, 0.25) is 0 Å². The summed E-state index contributed by atoms with van der Waals surface area (Å²) in [5.74, 6) is 0.828. The normalized spacial score (nSPS) is 9.93. The summed E-state index contributed by atoms with van der Waals surface area (Å²) in [7, 11) is 3.00. The van der Waals surface area contributed by atoms with Crippen molar-refractivity contribution < 1.29 is 19.0 Å². The number of ether oxygens (including phenoxy) is 3. The molecule has 2 aromatic rings. The zero-order valence-corrected chi connectivity index (χ0v) is 16.2. The molecular formula is C22H25NO4. The van der Waals surface area contributed by atoms with Crippen molar-refractivity contribution in [3.63, 3.8) is 0 Å². The first kappa shape index (κ1) is 20.1. The molecule has 0 atom stereocenters. The summed E-state index contributed by atoms with van der Waals surface area (Å²) in [6.45, 7) is 8.77. The molecule has 5 nitrogen and oxygen atoms in total. The molecule has 2 rings (SSSR count). The molecule has 0 aliphatic heterocycles. The van der Waals surface area contributed by atoms with Crippen molar-refractivity contribution in [3.8, 4) is 5.75 Å². The summed E-state index contributed by atoms with van der Waals surface area (Å²) in [6, 6.07) is 9.51. The van der Waals surface area contributed by atoms with Gasteiger partial charge in [-0.2, -0.15) is 0 Å². The first-order chi connectivity index (χ1) is 13.0. The number of hydrogen-bond donors (Lipinski definition) is 0. The van der Waals surface area contributed by atoms with Crippen LogP contribution in [0.5, 0.6) is 5.75 Å². The van der Waals surface area contributed by atoms with Crippen molar-refractivity contribution in [2.75, 3.05) is 20.8 Å². The minimum absolute atomic E-state index is 0.418. The van der Waals surface area contributed by atoms with E-state index in [9.17, 15) is 4.79 Å². The molecule has 0 saturated carbocycles. The number of nitrogens with zero attached hydrogens (tertiary/aromatic N) is 1. The fourth-order valence-corrected chi connectivity index (χ4v) is 2.76. The standard InChI is InChI=1S/C22H25NO4/c1-6-8-19(16(3)27-7-2)21-20(22(24)26-5)13-14-23(21)15-17-9-11-18(25-4)12-10-17/h6,9-14H,3,7,15H2,1-2,4-5H3. The Hall–Kier alpha value is -3.17. The molecule has 0 aliphatic carbocycles. The van der Waals surface area contributed by atoms with Gasteiger partial charge in [0.1, 0.15) is 11.5 Å². The number of esters is 1. The van der Waals surface area contributed by atoms with Gasteiger partial charge < -0.3 is 18.8 Å². The molecule has 142 valence electrons. The maximum atomic E-state index is 12.3. The van der Waals surface area contributed by atoms with Crippen molar-refractivity contribution >= 4 is 11.5 Å². The third-order valence-corrected chi connectivity index (χ3v) is 4.00. The molecule has 0 bridgehead atoms. The lowest BCUT2D eigenvalue weighted by Crippen LogP contribution is -2.10. The summed E-state index contributed by atoms with van der Waals surface area (Å²) in [5.41, 5.74) is 5.94. The van der Waals surface area contributed by atoms with Gasteiger partial charge in [-0.15, -0.1) is 5.73 Å². The zero-order valence-electron chi connectivity index (χ0n) is 16.2. The Bertz CT molecular complexity index is 868. The molecule has 0 N–H and O–H groups in total. The van der Waals surface area contributed by atoms with Crippen LogP contribution in [0.1, 0.15) is 35.5 Å². The number of rotatable bonds is 8. The van der Waals surface area contributed by atoms with Crippen molar-refractivity contribution in [2.45, 2.75) is 20.4 Å². The van der Waals surface area contributed by atoms with E-state index in [1.54, 1.807) is 19.3 Å². The van der Waals surface area contributed by atoms with E-state index < -0.39 is 5.97 Å². The van der Waals surface area contributed by atoms with Crippen LogP contribution in [0.15, 0.2) is 60.7 Å². The van der Waals surface area contributed by atoms with Crippen molar-refractivity contribution in [3.05, 3.63) is 77.5 Å². The first-order valence-electron chi connectivity index (χ1n) is 8.69. The average molecular weight is 367 g/mol. The highest BCUT2D eigenvalue weighted by Gasteiger charge is 2.22. The fourth-order valence-electron chi connectivity index (χ4n) is 2.76. The first-order valence-corrected chi connectivity index (χ1v) is 8.69. The van der Waals surface area contributed by atoms with Crippen LogP contribution in [0.3, 0.4) is 0 Å². The minimum Gasteiger partial charge on any atom is -0.497 e. The van der Waals surface area contributed by atoms with Gasteiger partial charge in [-0.05, 0) is 43.7 Å². The van der Waals surface area contributed by atoms with E-state index in [0.29, 0.717) is 35.7 Å². The second-order valence-electron chi connectivity index (χ2n) is 5.71. The molecule has 27 heavy (non-hydrogen) atoms. The monoisotopic (exact) mass is 367 g/mol. The van der Waals surface area contributed by atoms with Gasteiger partial charge in [0.15, 0.2) is 0 Å². The van der Waals surface area contributed by atoms with Gasteiger partial charge in [0.25, 0.3) is 0 Å². The summed E-state index contributed by atoms with van der Waals surface area (Å²) in [4.78, 5) is 12.3. The van der Waals surface area contributed by atoms with Crippen molar-refractivity contribution in [1.82, 2.24) is 4.57 Å². The van der Waals surface area contributed by atoms with Crippen molar-refractivity contribution in [1.29, 1.82) is 0 Å². The molecule has 0 fully saturated rings. The molecule has 0 aliphatic rings. The number of allylic oxidation sites excluding steroid dienone is 1. The SMILES string of the molecule is C=C(OCC)C(=C=CC)c1c(C(=O)OC)ccn1Cc1ccc(OC)cc1. The molecule has 1 aromatic heterocycles. The van der Waals surface area contributed by atoms with E-state index in [1.807, 2.05) is 48.9 Å². The molecule has 1 heterocycles. The van der Waals surface area contributed by atoms with Gasteiger partial charge in [-0.1, -0.05) is 18.7 Å². The molecule has 0 unspecified atom stereocenters. The summed E-state index contributed by atoms with van der Waals surface area (Å²) < 4.78 is 17.7. The molecule has 0 spiro atoms. The number of hydrogen-bond acceptors (Lipinski definition) is 4. The average Bonchev–Trinajstić information content (AvgIpc) is 3.09. The number of methoxy groups -OCH3 is 2. The summed E-state index contributed by atoms with van der Waals surface area (Å²) in [5, 5.41) is 0. The van der Waals surface area contributed by atoms with E-state index >= 15 is 0 Å². The number of aromatic nitrogens is 1. The highest BCUT2D eigenvalue weighted by atomic mass is 16.5. The van der Waals surface area contributed by atoms with E-state index in [0.717, 1.165) is 11.3 Å². The quantitative estimate of drug-likeness (QED) is 0.300. The van der Waals surface area contributed by atoms with Gasteiger partial charge >= 0.3 is 5.97 Å². The molecule has 1 aromatic carbocycles. The predicted octanol–water partition coefficient (Wildman–Crippen LogP) is 4.44. The highest BCUT2D eigenvalue weighted by molar-refractivity contribution is 5.96. The van der Waals surface area contributed by atoms with Crippen LogP contribution in [0.25, 0.3) is 5.57 Å². The smallest absolute Gasteiger partial charge is 0.340 e. The minimum atomic E-state index is -0.418. The van der Waals surface area contributed by atoms with Gasteiger partial charge in [-0.3, -0.25) is 0 Å². The van der Waals surface area contributed by atoms with Crippen LogP contribution in [-0.4, -0.2) is 31.4 Å². The highest BCUT2D eigenvalue weighted by Crippen LogP contribution is 2.28. The van der Waals surface area contributed by atoms with Crippen LogP contribution in [-0.2, 0) is 16.0 Å². The van der Waals surface area contributed by atoms with E-state index in [1.165, 1.54) is 7.11 Å². The Morgan fingerprint density at radius 1 is 1.22 bits per heavy atom. The second kappa shape index (κ2) is 9.51. The Balaban J connectivity index is 2.54. The lowest BCUT2D eigenvalue weighted by atomic mass is 10.1. The van der Waals surface area contributed by atoms with E-state index in [-0.39, 0.29) is 0 Å². The molecular weight excluding hydrogens is 342 g/mol. The topological polar surface area (TPSA) is 49.7 Å². The van der Waals surface area contributed by atoms with Gasteiger partial charge in [0.2, 0.25) is 0 Å². The zero-order chi connectivity index (χ0) is 19.8. The number of benzene rings is 1. The maximum absolute atomic E-state index is 12.3. The van der Waals surface area contributed by atoms with Crippen LogP contribution in [0, 0.1) is 0 Å². The molecule has 0 amide bonds. The Morgan fingerprint density at radius 2 is 1.93 bits per heavy atom. The van der Waals surface area contributed by atoms with E-state index in [2.05, 4.69) is 12.3 Å². The Kier molecular flexibility index (Phi) is 7.09. The lowest BCUT2D eigenvalue weighted by Gasteiger charge is -2.15. The van der Waals surface area contributed by atoms with Crippen LogP contribution < -0.4 is 4.74 Å². The third-order valence-electron chi connectivity index (χ3n) is 4.00. The Labute approximate surface area is 160 Å². The van der Waals surface area contributed by atoms with Crippen molar-refractivity contribution in [2.24, 2.45) is 0 Å². The van der Waals surface area contributed by atoms with Gasteiger partial charge in [0.05, 0.1) is 37.7 Å². The lowest BCUT2D eigenvalue weighted by molar-refractivity contribution is 0.0600. The second-order valence-corrected chi connectivity index (χ2v) is 5.71. The maximum Gasteiger partial charge on any atom is 0.340 e. The molecule has 5 heteroatoms. The molecule has 0 saturated heterocycles. The van der Waals surface area contributed by atoms with E-state index in [4.69, 9.17) is 14.2 Å². The summed E-state index contributed by atoms with van der Waals surface area (Å²) >= 11 is 0. The largest absolute Gasteiger partial charge is 0.497 e. The predicted molar refractivity (Wildman–Crippen MR) is 106 cm³/mol. The molecule has 0 radical (unpaired) electrons. The number of carbonyl (C=O) groups is 1. The van der Waals surface area contributed by atoms with Gasteiger partial charge in [0, 0.05) is 12.7 Å². The van der Waals surface area contributed by atoms with Gasteiger partial charge in [-0.25, -0.2) is 4.79 Å². The Morgan fingerprint density at radius 3 is 2.48 bits per heavy atom. The fraction of sp³-hybridized carbons (Fsp3) is 0.273. The van der Waals surface area contributed by atoms with Crippen LogP contribution >= 0.6 is 0 Å².